The van der Waals surface area contributed by atoms with Crippen LogP contribution in [0, 0.1) is 0 Å². The van der Waals surface area contributed by atoms with Crippen molar-refractivity contribution in [2.45, 2.75) is 52.4 Å². The van der Waals surface area contributed by atoms with Crippen molar-refractivity contribution < 1.29 is 4.42 Å². The average molecular weight is 231 g/mol. The SMILES string of the molecule is CCC(C)(C)c1ccc2oc(C(C)C)nc2c1. The van der Waals surface area contributed by atoms with E-state index in [0.717, 1.165) is 23.4 Å². The van der Waals surface area contributed by atoms with Crippen LogP contribution in [-0.4, -0.2) is 4.98 Å². The van der Waals surface area contributed by atoms with Crippen LogP contribution in [0.25, 0.3) is 11.1 Å². The molecule has 0 spiro atoms. The van der Waals surface area contributed by atoms with E-state index in [-0.39, 0.29) is 5.41 Å². The molecule has 1 aromatic heterocycles. The molecule has 0 bridgehead atoms. The molecule has 92 valence electrons. The molecular weight excluding hydrogens is 210 g/mol. The first kappa shape index (κ1) is 12.2. The highest BCUT2D eigenvalue weighted by Crippen LogP contribution is 2.30. The Hall–Kier alpha value is -1.31. The average Bonchev–Trinajstić information content (AvgIpc) is 2.71. The highest BCUT2D eigenvalue weighted by molar-refractivity contribution is 5.73. The van der Waals surface area contributed by atoms with Gasteiger partial charge in [-0.1, -0.05) is 40.7 Å². The van der Waals surface area contributed by atoms with Crippen molar-refractivity contribution in [2.75, 3.05) is 0 Å². The molecule has 1 aromatic carbocycles. The summed E-state index contributed by atoms with van der Waals surface area (Å²) >= 11 is 0. The van der Waals surface area contributed by atoms with E-state index in [4.69, 9.17) is 4.42 Å². The summed E-state index contributed by atoms with van der Waals surface area (Å²) < 4.78 is 5.72. The van der Waals surface area contributed by atoms with Gasteiger partial charge in [0.25, 0.3) is 0 Å². The number of oxazole rings is 1. The summed E-state index contributed by atoms with van der Waals surface area (Å²) in [5.41, 5.74) is 3.40. The van der Waals surface area contributed by atoms with Crippen LogP contribution >= 0.6 is 0 Å². The first-order valence-electron chi connectivity index (χ1n) is 6.35. The van der Waals surface area contributed by atoms with E-state index in [2.05, 4.69) is 51.7 Å². The Labute approximate surface area is 103 Å². The fourth-order valence-corrected chi connectivity index (χ4v) is 1.82. The van der Waals surface area contributed by atoms with Gasteiger partial charge in [0.1, 0.15) is 5.52 Å². The van der Waals surface area contributed by atoms with Crippen molar-refractivity contribution in [3.8, 4) is 0 Å². The normalized spacial score (nSPS) is 12.6. The summed E-state index contributed by atoms with van der Waals surface area (Å²) in [5, 5.41) is 0. The van der Waals surface area contributed by atoms with Crippen molar-refractivity contribution in [3.63, 3.8) is 0 Å². The maximum atomic E-state index is 5.72. The number of hydrogen-bond acceptors (Lipinski definition) is 2. The van der Waals surface area contributed by atoms with Crippen molar-refractivity contribution in [3.05, 3.63) is 29.7 Å². The second-order valence-corrected chi connectivity index (χ2v) is 5.63. The molecule has 0 saturated heterocycles. The van der Waals surface area contributed by atoms with Gasteiger partial charge in [-0.2, -0.15) is 0 Å². The lowest BCUT2D eigenvalue weighted by atomic mass is 9.82. The molecular formula is C15H21NO. The fraction of sp³-hybridized carbons (Fsp3) is 0.533. The number of rotatable bonds is 3. The van der Waals surface area contributed by atoms with E-state index < -0.39 is 0 Å². The number of hydrogen-bond donors (Lipinski definition) is 0. The molecule has 2 nitrogen and oxygen atoms in total. The Morgan fingerprint density at radius 1 is 1.29 bits per heavy atom. The van der Waals surface area contributed by atoms with E-state index >= 15 is 0 Å². The molecule has 2 aromatic rings. The zero-order valence-corrected chi connectivity index (χ0v) is 11.4. The van der Waals surface area contributed by atoms with Crippen LogP contribution in [0.1, 0.15) is 58.4 Å². The molecule has 17 heavy (non-hydrogen) atoms. The van der Waals surface area contributed by atoms with Gasteiger partial charge in [-0.3, -0.25) is 0 Å². The molecule has 0 fully saturated rings. The van der Waals surface area contributed by atoms with Gasteiger partial charge in [-0.15, -0.1) is 0 Å². The molecule has 0 N–H and O–H groups in total. The highest BCUT2D eigenvalue weighted by Gasteiger charge is 2.19. The molecule has 0 unspecified atom stereocenters. The van der Waals surface area contributed by atoms with Crippen LogP contribution in [0.3, 0.4) is 0 Å². The minimum absolute atomic E-state index is 0.200. The molecule has 1 heterocycles. The van der Waals surface area contributed by atoms with E-state index in [0.29, 0.717) is 5.92 Å². The zero-order chi connectivity index (χ0) is 12.6. The van der Waals surface area contributed by atoms with Crippen LogP contribution in [0.15, 0.2) is 22.6 Å². The molecule has 0 aliphatic rings. The van der Waals surface area contributed by atoms with Gasteiger partial charge in [0.15, 0.2) is 11.5 Å². The van der Waals surface area contributed by atoms with E-state index in [1.54, 1.807) is 0 Å². The van der Waals surface area contributed by atoms with Crippen LogP contribution in [-0.2, 0) is 5.41 Å². The minimum atomic E-state index is 0.200. The summed E-state index contributed by atoms with van der Waals surface area (Å²) in [6.07, 6.45) is 1.12. The summed E-state index contributed by atoms with van der Waals surface area (Å²) in [5.74, 6) is 1.16. The summed E-state index contributed by atoms with van der Waals surface area (Å²) in [7, 11) is 0. The minimum Gasteiger partial charge on any atom is -0.440 e. The smallest absolute Gasteiger partial charge is 0.198 e. The Morgan fingerprint density at radius 2 is 2.00 bits per heavy atom. The third-order valence-corrected chi connectivity index (χ3v) is 3.56. The van der Waals surface area contributed by atoms with Crippen molar-refractivity contribution in [1.82, 2.24) is 4.98 Å². The topological polar surface area (TPSA) is 26.0 Å². The van der Waals surface area contributed by atoms with Crippen molar-refractivity contribution >= 4 is 11.1 Å². The van der Waals surface area contributed by atoms with Gasteiger partial charge < -0.3 is 4.42 Å². The Balaban J connectivity index is 2.50. The van der Waals surface area contributed by atoms with E-state index in [1.165, 1.54) is 5.56 Å². The van der Waals surface area contributed by atoms with E-state index in [1.807, 2.05) is 6.07 Å². The Kier molecular flexibility index (Phi) is 2.98. The Morgan fingerprint density at radius 3 is 2.59 bits per heavy atom. The second kappa shape index (κ2) is 4.17. The predicted octanol–water partition coefficient (Wildman–Crippen LogP) is 4.64. The maximum absolute atomic E-state index is 5.72. The van der Waals surface area contributed by atoms with Crippen molar-refractivity contribution in [1.29, 1.82) is 0 Å². The Bertz CT molecular complexity index is 523. The third kappa shape index (κ3) is 2.21. The summed E-state index contributed by atoms with van der Waals surface area (Å²) in [4.78, 5) is 4.55. The number of benzene rings is 1. The highest BCUT2D eigenvalue weighted by atomic mass is 16.3. The molecule has 0 amide bonds. The first-order chi connectivity index (χ1) is 7.94. The molecule has 2 rings (SSSR count). The molecule has 2 heteroatoms. The standard InChI is InChI=1S/C15H21NO/c1-6-15(4,5)11-7-8-13-12(9-11)16-14(17-13)10(2)3/h7-10H,6H2,1-5H3. The monoisotopic (exact) mass is 231 g/mol. The molecule has 0 aliphatic heterocycles. The van der Waals surface area contributed by atoms with Crippen LogP contribution in [0.2, 0.25) is 0 Å². The lowest BCUT2D eigenvalue weighted by Gasteiger charge is -2.22. The van der Waals surface area contributed by atoms with Gasteiger partial charge in [-0.25, -0.2) is 4.98 Å². The lowest BCUT2D eigenvalue weighted by Crippen LogP contribution is -2.14. The van der Waals surface area contributed by atoms with Crippen molar-refractivity contribution in [2.24, 2.45) is 0 Å². The molecule has 0 aliphatic carbocycles. The van der Waals surface area contributed by atoms with Crippen LogP contribution in [0.5, 0.6) is 0 Å². The van der Waals surface area contributed by atoms with Gasteiger partial charge in [0.05, 0.1) is 0 Å². The van der Waals surface area contributed by atoms with E-state index in [9.17, 15) is 0 Å². The first-order valence-corrected chi connectivity index (χ1v) is 6.35. The van der Waals surface area contributed by atoms with Gasteiger partial charge in [0.2, 0.25) is 0 Å². The fourth-order valence-electron chi connectivity index (χ4n) is 1.82. The second-order valence-electron chi connectivity index (χ2n) is 5.63. The molecule has 0 atom stereocenters. The van der Waals surface area contributed by atoms with Gasteiger partial charge in [-0.05, 0) is 29.5 Å². The molecule has 0 radical (unpaired) electrons. The predicted molar refractivity (Wildman–Crippen MR) is 71.4 cm³/mol. The van der Waals surface area contributed by atoms with Gasteiger partial charge in [0, 0.05) is 5.92 Å². The van der Waals surface area contributed by atoms with Gasteiger partial charge >= 0.3 is 0 Å². The number of fused-ring (bicyclic) bond motifs is 1. The number of nitrogens with zero attached hydrogens (tertiary/aromatic N) is 1. The molecule has 0 saturated carbocycles. The quantitative estimate of drug-likeness (QED) is 0.769. The third-order valence-electron chi connectivity index (χ3n) is 3.56. The number of aromatic nitrogens is 1. The lowest BCUT2D eigenvalue weighted by molar-refractivity contribution is 0.500. The summed E-state index contributed by atoms with van der Waals surface area (Å²) in [6.45, 7) is 10.9. The summed E-state index contributed by atoms with van der Waals surface area (Å²) in [6, 6.07) is 6.36. The zero-order valence-electron chi connectivity index (χ0n) is 11.4. The van der Waals surface area contributed by atoms with Crippen LogP contribution in [0.4, 0.5) is 0 Å². The van der Waals surface area contributed by atoms with Crippen LogP contribution < -0.4 is 0 Å². The largest absolute Gasteiger partial charge is 0.440 e. The maximum Gasteiger partial charge on any atom is 0.198 e.